The number of rotatable bonds is 9. The Morgan fingerprint density at radius 3 is 2.44 bits per heavy atom. The Hall–Kier alpha value is -3.76. The summed E-state index contributed by atoms with van der Waals surface area (Å²) in [6, 6.07) is 8.27. The predicted octanol–water partition coefficient (Wildman–Crippen LogP) is 4.64. The van der Waals surface area contributed by atoms with Crippen molar-refractivity contribution < 1.29 is 46.0 Å². The van der Waals surface area contributed by atoms with Crippen LogP contribution in [0.2, 0.25) is 0 Å². The molecule has 0 fully saturated rings. The molecule has 0 radical (unpaired) electrons. The van der Waals surface area contributed by atoms with Gasteiger partial charge in [0.1, 0.15) is 0 Å². The summed E-state index contributed by atoms with van der Waals surface area (Å²) in [5, 5.41) is 0. The third kappa shape index (κ3) is 5.29. The molecule has 32 heavy (non-hydrogen) atoms. The topological polar surface area (TPSA) is 75.6 Å². The number of esters is 1. The van der Waals surface area contributed by atoms with Crippen LogP contribution in [0.5, 0.6) is 23.0 Å². The molecular formula is C21H17F4NO6. The lowest BCUT2D eigenvalue weighted by Crippen LogP contribution is -2.08. The fourth-order valence-corrected chi connectivity index (χ4v) is 2.80. The van der Waals surface area contributed by atoms with Crippen LogP contribution in [0.15, 0.2) is 47.1 Å². The third-order valence-corrected chi connectivity index (χ3v) is 4.06. The molecule has 1 heterocycles. The first-order valence-electron chi connectivity index (χ1n) is 9.18. The number of para-hydroxylation sites is 1. The molecule has 0 aromatic heterocycles. The van der Waals surface area contributed by atoms with E-state index in [0.717, 1.165) is 0 Å². The number of carbonyl (C=O) groups excluding carboxylic acids is 1. The van der Waals surface area contributed by atoms with Crippen molar-refractivity contribution >= 4 is 17.9 Å². The maximum Gasteiger partial charge on any atom is 0.387 e. The monoisotopic (exact) mass is 455 g/mol. The molecule has 0 amide bonds. The number of carbonyl (C=O) groups is 1. The molecule has 0 spiro atoms. The lowest BCUT2D eigenvalue weighted by atomic mass is 10.1. The van der Waals surface area contributed by atoms with E-state index in [1.54, 1.807) is 6.92 Å². The highest BCUT2D eigenvalue weighted by atomic mass is 19.3. The zero-order valence-corrected chi connectivity index (χ0v) is 16.8. The van der Waals surface area contributed by atoms with Gasteiger partial charge in [0.25, 0.3) is 0 Å². The van der Waals surface area contributed by atoms with E-state index >= 15 is 0 Å². The van der Waals surface area contributed by atoms with Crippen LogP contribution in [0.1, 0.15) is 18.1 Å². The van der Waals surface area contributed by atoms with Gasteiger partial charge in [-0.3, -0.25) is 0 Å². The first kappa shape index (κ1) is 22.9. The maximum atomic E-state index is 12.9. The summed E-state index contributed by atoms with van der Waals surface area (Å²) in [6.07, 6.45) is 1.21. The zero-order valence-electron chi connectivity index (χ0n) is 16.8. The molecule has 0 bridgehead atoms. The number of methoxy groups -OCH3 is 1. The fraction of sp³-hybridized carbons (Fsp3) is 0.238. The molecule has 0 saturated carbocycles. The van der Waals surface area contributed by atoms with Gasteiger partial charge in [-0.05, 0) is 37.3 Å². The summed E-state index contributed by atoms with van der Waals surface area (Å²) >= 11 is 0. The number of alkyl halides is 4. The molecule has 170 valence electrons. The number of halogens is 4. The number of benzene rings is 2. The second kappa shape index (κ2) is 10.0. The summed E-state index contributed by atoms with van der Waals surface area (Å²) in [6.45, 7) is -4.29. The molecule has 2 aromatic carbocycles. The van der Waals surface area contributed by atoms with E-state index in [-0.39, 0.29) is 52.3 Å². The Morgan fingerprint density at radius 1 is 1.03 bits per heavy atom. The molecule has 0 N–H and O–H groups in total. The van der Waals surface area contributed by atoms with Crippen LogP contribution in [-0.4, -0.2) is 38.8 Å². The van der Waals surface area contributed by atoms with E-state index in [0.29, 0.717) is 0 Å². The van der Waals surface area contributed by atoms with Crippen LogP contribution in [0, 0.1) is 0 Å². The van der Waals surface area contributed by atoms with Gasteiger partial charge in [-0.1, -0.05) is 12.1 Å². The van der Waals surface area contributed by atoms with Gasteiger partial charge in [-0.15, -0.1) is 0 Å². The summed E-state index contributed by atoms with van der Waals surface area (Å²) in [7, 11) is 1.25. The lowest BCUT2D eigenvalue weighted by molar-refractivity contribution is -0.129. The average Bonchev–Trinajstić information content (AvgIpc) is 3.10. The first-order chi connectivity index (χ1) is 15.3. The Kier molecular flexibility index (Phi) is 7.18. The summed E-state index contributed by atoms with van der Waals surface area (Å²) in [4.78, 5) is 16.4. The Morgan fingerprint density at radius 2 is 1.78 bits per heavy atom. The quantitative estimate of drug-likeness (QED) is 0.312. The van der Waals surface area contributed by atoms with Crippen LogP contribution >= 0.6 is 0 Å². The van der Waals surface area contributed by atoms with E-state index in [1.165, 1.54) is 49.6 Å². The molecule has 2 aromatic rings. The van der Waals surface area contributed by atoms with Crippen molar-refractivity contribution in [3.8, 4) is 23.0 Å². The third-order valence-electron chi connectivity index (χ3n) is 4.06. The zero-order chi connectivity index (χ0) is 23.3. The fourth-order valence-electron chi connectivity index (χ4n) is 2.80. The van der Waals surface area contributed by atoms with Crippen molar-refractivity contribution in [2.45, 2.75) is 20.1 Å². The number of hydrogen-bond acceptors (Lipinski definition) is 7. The second-order valence-electron chi connectivity index (χ2n) is 6.07. The highest BCUT2D eigenvalue weighted by molar-refractivity contribution is 6.13. The van der Waals surface area contributed by atoms with E-state index in [4.69, 9.17) is 14.2 Å². The van der Waals surface area contributed by atoms with Crippen molar-refractivity contribution in [3.63, 3.8) is 0 Å². The molecule has 1 aliphatic rings. The molecule has 11 heteroatoms. The van der Waals surface area contributed by atoms with Crippen molar-refractivity contribution in [2.24, 2.45) is 4.99 Å². The van der Waals surface area contributed by atoms with Gasteiger partial charge in [0.05, 0.1) is 13.7 Å². The van der Waals surface area contributed by atoms with E-state index < -0.39 is 19.2 Å². The number of nitrogens with zero attached hydrogens (tertiary/aromatic N) is 1. The minimum absolute atomic E-state index is 0.0315. The molecule has 0 aliphatic carbocycles. The van der Waals surface area contributed by atoms with Crippen LogP contribution in [0.4, 0.5) is 17.6 Å². The van der Waals surface area contributed by atoms with Gasteiger partial charge >= 0.3 is 19.2 Å². The average molecular weight is 455 g/mol. The summed E-state index contributed by atoms with van der Waals surface area (Å²) in [5.41, 5.74) is 0.165. The number of cyclic esters (lactones) is 1. The molecule has 0 unspecified atom stereocenters. The van der Waals surface area contributed by atoms with Crippen LogP contribution in [-0.2, 0) is 9.53 Å². The van der Waals surface area contributed by atoms with Crippen LogP contribution in [0.3, 0.4) is 0 Å². The van der Waals surface area contributed by atoms with E-state index in [1.807, 2.05) is 0 Å². The van der Waals surface area contributed by atoms with Crippen molar-refractivity contribution in [3.05, 3.63) is 53.2 Å². The van der Waals surface area contributed by atoms with Gasteiger partial charge in [0, 0.05) is 11.1 Å². The van der Waals surface area contributed by atoms with E-state index in [9.17, 15) is 22.4 Å². The Labute approximate surface area is 179 Å². The summed E-state index contributed by atoms with van der Waals surface area (Å²) < 4.78 is 75.1. The smallest absolute Gasteiger partial charge is 0.387 e. The highest BCUT2D eigenvalue weighted by Crippen LogP contribution is 2.35. The van der Waals surface area contributed by atoms with Crippen molar-refractivity contribution in [1.82, 2.24) is 0 Å². The number of aliphatic imine (C=N–C) groups is 1. The molecule has 1 aliphatic heterocycles. The van der Waals surface area contributed by atoms with Gasteiger partial charge in [0.15, 0.2) is 28.7 Å². The second-order valence-corrected chi connectivity index (χ2v) is 6.07. The maximum absolute atomic E-state index is 12.9. The first-order valence-corrected chi connectivity index (χ1v) is 9.18. The SMILES string of the molecule is CCOc1cccc(/C=C2\N=C(c3ccc(OC(F)F)c(OC)c3)OC2=O)c1OC(F)F. The lowest BCUT2D eigenvalue weighted by Gasteiger charge is -2.13. The van der Waals surface area contributed by atoms with Gasteiger partial charge < -0.3 is 23.7 Å². The Bertz CT molecular complexity index is 1050. The molecule has 7 nitrogen and oxygen atoms in total. The minimum atomic E-state index is -3.12. The summed E-state index contributed by atoms with van der Waals surface area (Å²) in [5.74, 6) is -1.43. The Balaban J connectivity index is 1.97. The van der Waals surface area contributed by atoms with Crippen LogP contribution < -0.4 is 18.9 Å². The largest absolute Gasteiger partial charge is 0.493 e. The number of hydrogen-bond donors (Lipinski definition) is 0. The van der Waals surface area contributed by atoms with Gasteiger partial charge in [-0.2, -0.15) is 17.6 Å². The molecule has 0 saturated heterocycles. The predicted molar refractivity (Wildman–Crippen MR) is 104 cm³/mol. The molecule has 3 rings (SSSR count). The van der Waals surface area contributed by atoms with Crippen molar-refractivity contribution in [2.75, 3.05) is 13.7 Å². The highest BCUT2D eigenvalue weighted by Gasteiger charge is 2.26. The standard InChI is InChI=1S/C21H17F4NO6/c1-3-29-15-6-4-5-11(17(15)31-21(24)25)9-13-19(27)32-18(26-13)12-7-8-14(30-20(22)23)16(10-12)28-2/h4-10,20-21H,3H2,1-2H3/b13-9-. The molecule has 0 atom stereocenters. The number of ether oxygens (including phenoxy) is 5. The van der Waals surface area contributed by atoms with Gasteiger partial charge in [0.2, 0.25) is 5.90 Å². The van der Waals surface area contributed by atoms with Crippen molar-refractivity contribution in [1.29, 1.82) is 0 Å². The minimum Gasteiger partial charge on any atom is -0.493 e. The van der Waals surface area contributed by atoms with E-state index in [2.05, 4.69) is 14.5 Å². The van der Waals surface area contributed by atoms with Crippen LogP contribution in [0.25, 0.3) is 6.08 Å². The molecular weight excluding hydrogens is 438 g/mol. The van der Waals surface area contributed by atoms with Gasteiger partial charge in [-0.25, -0.2) is 9.79 Å². The normalized spacial score (nSPS) is 14.6.